The Morgan fingerprint density at radius 1 is 0.867 bits per heavy atom. The number of anilines is 2. The third-order valence-electron chi connectivity index (χ3n) is 5.81. The Balaban J connectivity index is 1.44. The minimum Gasteiger partial charge on any atom is -0.322 e. The van der Waals surface area contributed by atoms with Gasteiger partial charge in [0.05, 0.1) is 16.8 Å². The molecule has 1 saturated heterocycles. The first-order valence-corrected chi connectivity index (χ1v) is 10.3. The molecule has 0 unspecified atom stereocenters. The van der Waals surface area contributed by atoms with Crippen LogP contribution < -0.4 is 10.2 Å². The Morgan fingerprint density at radius 3 is 2.33 bits per heavy atom. The predicted molar refractivity (Wildman–Crippen MR) is 115 cm³/mol. The maximum Gasteiger partial charge on any atom is 0.256 e. The Labute approximate surface area is 173 Å². The van der Waals surface area contributed by atoms with E-state index in [9.17, 15) is 14.4 Å². The number of amides is 3. The third kappa shape index (κ3) is 3.14. The zero-order valence-electron chi connectivity index (χ0n) is 16.5. The van der Waals surface area contributed by atoms with E-state index in [1.165, 1.54) is 4.90 Å². The molecule has 30 heavy (non-hydrogen) atoms. The predicted octanol–water partition coefficient (Wildman–Crippen LogP) is 4.02. The quantitative estimate of drug-likeness (QED) is 0.675. The highest BCUT2D eigenvalue weighted by Gasteiger charge is 2.27. The normalized spacial score (nSPS) is 16.1. The summed E-state index contributed by atoms with van der Waals surface area (Å²) in [5.41, 5.74) is 4.73. The van der Waals surface area contributed by atoms with Gasteiger partial charge < -0.3 is 5.32 Å². The summed E-state index contributed by atoms with van der Waals surface area (Å²) < 4.78 is 0. The van der Waals surface area contributed by atoms with Gasteiger partial charge in [-0.2, -0.15) is 0 Å². The average Bonchev–Trinajstić information content (AvgIpc) is 3.21. The summed E-state index contributed by atoms with van der Waals surface area (Å²) in [5, 5.41) is 3.84. The van der Waals surface area contributed by atoms with Gasteiger partial charge in [0.1, 0.15) is 0 Å². The van der Waals surface area contributed by atoms with E-state index in [-0.39, 0.29) is 17.7 Å². The minimum absolute atomic E-state index is 0.162. The van der Waals surface area contributed by atoms with Gasteiger partial charge in [-0.05, 0) is 61.6 Å². The van der Waals surface area contributed by atoms with Gasteiger partial charge in [-0.25, -0.2) is 0 Å². The van der Waals surface area contributed by atoms with E-state index < -0.39 is 0 Å². The molecule has 2 aromatic carbocycles. The van der Waals surface area contributed by atoms with Crippen molar-refractivity contribution in [1.29, 1.82) is 0 Å². The van der Waals surface area contributed by atoms with Crippen LogP contribution in [0.1, 0.15) is 47.3 Å². The van der Waals surface area contributed by atoms with Crippen molar-refractivity contribution < 1.29 is 14.4 Å². The molecule has 1 N–H and O–H groups in total. The Kier molecular flexibility index (Phi) is 4.54. The Bertz CT molecular complexity index is 1170. The summed E-state index contributed by atoms with van der Waals surface area (Å²) in [6.45, 7) is 0. The molecule has 1 fully saturated rings. The molecule has 2 heterocycles. The van der Waals surface area contributed by atoms with E-state index in [1.807, 2.05) is 24.3 Å². The fourth-order valence-corrected chi connectivity index (χ4v) is 4.40. The molecular weight excluding hydrogens is 378 g/mol. The summed E-state index contributed by atoms with van der Waals surface area (Å²) in [7, 11) is 0. The molecule has 1 aliphatic heterocycles. The summed E-state index contributed by atoms with van der Waals surface area (Å²) >= 11 is 0. The average molecular weight is 399 g/mol. The number of rotatable bonds is 3. The number of hydrogen-bond donors (Lipinski definition) is 1. The van der Waals surface area contributed by atoms with Crippen molar-refractivity contribution >= 4 is 40.0 Å². The van der Waals surface area contributed by atoms with Crippen molar-refractivity contribution in [2.75, 3.05) is 10.2 Å². The highest BCUT2D eigenvalue weighted by Crippen LogP contribution is 2.31. The third-order valence-corrected chi connectivity index (χ3v) is 5.81. The van der Waals surface area contributed by atoms with Gasteiger partial charge in [-0.3, -0.25) is 24.3 Å². The zero-order valence-corrected chi connectivity index (χ0v) is 16.5. The number of imide groups is 1. The standard InChI is InChI=1S/C24H21N3O3/c28-21-9-4-10-22(29)27(21)16-13-11-15(12-14-16)25-24(30)23-17-5-1-2-7-19(17)26-20-8-3-6-18(20)23/h1-2,5,7,11-14H,3-4,6,8-10H2,(H,25,30). The molecule has 0 radical (unpaired) electrons. The van der Waals surface area contributed by atoms with Crippen LogP contribution in [0.15, 0.2) is 48.5 Å². The number of hydrogen-bond acceptors (Lipinski definition) is 4. The monoisotopic (exact) mass is 399 g/mol. The number of aryl methyl sites for hydroxylation is 1. The number of fused-ring (bicyclic) bond motifs is 2. The molecule has 3 aromatic rings. The molecule has 150 valence electrons. The molecule has 6 heteroatoms. The lowest BCUT2D eigenvalue weighted by Gasteiger charge is -2.25. The number of benzene rings is 2. The van der Waals surface area contributed by atoms with E-state index in [4.69, 9.17) is 4.98 Å². The van der Waals surface area contributed by atoms with Crippen molar-refractivity contribution in [2.45, 2.75) is 38.5 Å². The zero-order chi connectivity index (χ0) is 20.7. The second kappa shape index (κ2) is 7.37. The molecule has 6 nitrogen and oxygen atoms in total. The van der Waals surface area contributed by atoms with Crippen LogP contribution >= 0.6 is 0 Å². The number of para-hydroxylation sites is 1. The molecule has 1 aliphatic carbocycles. The fraction of sp³-hybridized carbons (Fsp3) is 0.250. The number of pyridine rings is 1. The first-order valence-electron chi connectivity index (χ1n) is 10.3. The largest absolute Gasteiger partial charge is 0.322 e. The minimum atomic E-state index is -0.179. The summed E-state index contributed by atoms with van der Waals surface area (Å²) in [5.74, 6) is -0.520. The van der Waals surface area contributed by atoms with Crippen molar-refractivity contribution in [3.63, 3.8) is 0 Å². The van der Waals surface area contributed by atoms with Crippen LogP contribution in [0.25, 0.3) is 10.9 Å². The number of nitrogens with one attached hydrogen (secondary N) is 1. The number of piperidine rings is 1. The summed E-state index contributed by atoms with van der Waals surface area (Å²) in [6.07, 6.45) is 4.12. The number of aromatic nitrogens is 1. The molecule has 5 rings (SSSR count). The number of carbonyl (C=O) groups excluding carboxylic acids is 3. The second-order valence-electron chi connectivity index (χ2n) is 7.76. The van der Waals surface area contributed by atoms with Gasteiger partial charge >= 0.3 is 0 Å². The van der Waals surface area contributed by atoms with Crippen LogP contribution in [-0.4, -0.2) is 22.7 Å². The lowest BCUT2D eigenvalue weighted by atomic mass is 10.0. The SMILES string of the molecule is O=C(Nc1ccc(N2C(=O)CCCC2=O)cc1)c1c2c(nc3ccccc13)CCC2. The first kappa shape index (κ1) is 18.5. The van der Waals surface area contributed by atoms with E-state index in [0.29, 0.717) is 36.2 Å². The van der Waals surface area contributed by atoms with Gasteiger partial charge in [-0.1, -0.05) is 18.2 Å². The van der Waals surface area contributed by atoms with Gasteiger partial charge in [0.15, 0.2) is 0 Å². The van der Waals surface area contributed by atoms with E-state index in [1.54, 1.807) is 24.3 Å². The topological polar surface area (TPSA) is 79.4 Å². The van der Waals surface area contributed by atoms with Crippen LogP contribution in [-0.2, 0) is 22.4 Å². The van der Waals surface area contributed by atoms with Crippen molar-refractivity contribution in [3.8, 4) is 0 Å². The molecule has 2 aliphatic rings. The van der Waals surface area contributed by atoms with E-state index >= 15 is 0 Å². The number of nitrogens with zero attached hydrogens (tertiary/aromatic N) is 2. The van der Waals surface area contributed by atoms with Crippen LogP contribution in [0, 0.1) is 0 Å². The van der Waals surface area contributed by atoms with Gasteiger partial charge in [0.25, 0.3) is 5.91 Å². The fourth-order valence-electron chi connectivity index (χ4n) is 4.40. The Morgan fingerprint density at radius 2 is 1.57 bits per heavy atom. The molecular formula is C24H21N3O3. The van der Waals surface area contributed by atoms with Gasteiger partial charge in [-0.15, -0.1) is 0 Å². The highest BCUT2D eigenvalue weighted by molar-refractivity contribution is 6.17. The summed E-state index contributed by atoms with van der Waals surface area (Å²) in [6, 6.07) is 14.6. The molecule has 1 aromatic heterocycles. The van der Waals surface area contributed by atoms with Crippen molar-refractivity contribution in [3.05, 3.63) is 65.4 Å². The van der Waals surface area contributed by atoms with Crippen molar-refractivity contribution in [2.24, 2.45) is 0 Å². The van der Waals surface area contributed by atoms with E-state index in [0.717, 1.165) is 41.4 Å². The van der Waals surface area contributed by atoms with Crippen LogP contribution in [0.5, 0.6) is 0 Å². The molecule has 0 spiro atoms. The number of carbonyl (C=O) groups is 3. The first-order chi connectivity index (χ1) is 14.6. The van der Waals surface area contributed by atoms with Gasteiger partial charge in [0, 0.05) is 29.6 Å². The molecule has 3 amide bonds. The van der Waals surface area contributed by atoms with Crippen LogP contribution in [0.2, 0.25) is 0 Å². The van der Waals surface area contributed by atoms with Crippen molar-refractivity contribution in [1.82, 2.24) is 4.98 Å². The highest BCUT2D eigenvalue weighted by atomic mass is 16.2. The molecule has 0 atom stereocenters. The molecule has 0 saturated carbocycles. The maximum absolute atomic E-state index is 13.2. The van der Waals surface area contributed by atoms with Crippen LogP contribution in [0.3, 0.4) is 0 Å². The lowest BCUT2D eigenvalue weighted by molar-refractivity contribution is -0.129. The van der Waals surface area contributed by atoms with Gasteiger partial charge in [0.2, 0.25) is 11.8 Å². The molecule has 0 bridgehead atoms. The van der Waals surface area contributed by atoms with E-state index in [2.05, 4.69) is 5.32 Å². The smallest absolute Gasteiger partial charge is 0.256 e. The van der Waals surface area contributed by atoms with Crippen LogP contribution in [0.4, 0.5) is 11.4 Å². The Hall–Kier alpha value is -3.54. The second-order valence-corrected chi connectivity index (χ2v) is 7.76. The lowest BCUT2D eigenvalue weighted by Crippen LogP contribution is -2.40. The summed E-state index contributed by atoms with van der Waals surface area (Å²) in [4.78, 5) is 43.4. The maximum atomic E-state index is 13.2.